The molecule has 1 heterocycles. The highest BCUT2D eigenvalue weighted by Crippen LogP contribution is 2.40. The monoisotopic (exact) mass is 520 g/mol. The first-order valence-corrected chi connectivity index (χ1v) is 13.7. The molecule has 0 bridgehead atoms. The van der Waals surface area contributed by atoms with Gasteiger partial charge < -0.3 is 15.1 Å². The molecule has 0 saturated carbocycles. The van der Waals surface area contributed by atoms with Gasteiger partial charge in [-0.3, -0.25) is 14.6 Å². The minimum Gasteiger partial charge on any atom is -0.507 e. The maximum absolute atomic E-state index is 13.8. The second-order valence-electron chi connectivity index (χ2n) is 12.6. The summed E-state index contributed by atoms with van der Waals surface area (Å²) < 4.78 is 0. The van der Waals surface area contributed by atoms with Gasteiger partial charge in [0.2, 0.25) is 0 Å². The van der Waals surface area contributed by atoms with Crippen molar-refractivity contribution in [1.82, 2.24) is 4.90 Å². The van der Waals surface area contributed by atoms with Crippen molar-refractivity contribution in [3.63, 3.8) is 0 Å². The van der Waals surface area contributed by atoms with Crippen molar-refractivity contribution in [2.24, 2.45) is 16.8 Å². The number of rotatable bonds is 9. The number of ketones is 1. The number of aromatic hydroxyl groups is 1. The van der Waals surface area contributed by atoms with E-state index in [1.807, 2.05) is 76.8 Å². The maximum atomic E-state index is 13.8. The number of aliphatic imine (C=N–C) groups is 1. The summed E-state index contributed by atoms with van der Waals surface area (Å²) in [6.07, 6.45) is 2.75. The number of carboxylic acid groups (broad SMARTS) is 1. The van der Waals surface area contributed by atoms with Crippen LogP contribution in [0.1, 0.15) is 88.4 Å². The van der Waals surface area contributed by atoms with Gasteiger partial charge in [0.25, 0.3) is 0 Å². The van der Waals surface area contributed by atoms with Gasteiger partial charge >= 0.3 is 5.97 Å². The molecule has 0 radical (unpaired) electrons. The van der Waals surface area contributed by atoms with Crippen molar-refractivity contribution < 1.29 is 19.8 Å². The van der Waals surface area contributed by atoms with Crippen molar-refractivity contribution in [3.05, 3.63) is 64.7 Å². The summed E-state index contributed by atoms with van der Waals surface area (Å²) in [6, 6.07) is 13.8. The molecule has 0 spiro atoms. The van der Waals surface area contributed by atoms with E-state index in [0.29, 0.717) is 17.9 Å². The minimum absolute atomic E-state index is 0.0552. The van der Waals surface area contributed by atoms with E-state index in [4.69, 9.17) is 0 Å². The van der Waals surface area contributed by atoms with Crippen LogP contribution >= 0.6 is 0 Å². The third-order valence-corrected chi connectivity index (χ3v) is 7.40. The van der Waals surface area contributed by atoms with E-state index in [9.17, 15) is 19.8 Å². The Kier molecular flexibility index (Phi) is 9.06. The number of amidine groups is 1. The lowest BCUT2D eigenvalue weighted by molar-refractivity contribution is -0.135. The highest BCUT2D eigenvalue weighted by molar-refractivity contribution is 6.01. The molecule has 2 aromatic carbocycles. The Morgan fingerprint density at radius 3 is 2.08 bits per heavy atom. The highest BCUT2D eigenvalue weighted by atomic mass is 16.4. The van der Waals surface area contributed by atoms with Gasteiger partial charge in [-0.25, -0.2) is 0 Å². The quantitative estimate of drug-likeness (QED) is 0.382. The fourth-order valence-corrected chi connectivity index (χ4v) is 5.45. The maximum Gasteiger partial charge on any atom is 0.325 e. The number of nitrogens with zero attached hydrogens (tertiary/aromatic N) is 2. The molecule has 2 N–H and O–H groups in total. The summed E-state index contributed by atoms with van der Waals surface area (Å²) in [5.74, 6) is 0.269. The van der Waals surface area contributed by atoms with Gasteiger partial charge in [0.1, 0.15) is 18.1 Å². The number of aliphatic carboxylic acids is 1. The standard InChI is InChI=1S/C32H44N2O4/c1-8-12-22-19-34(30(33-18-28(36)37)24(22)15-21-13-10-9-11-14-21)20-27(35)23-16-25(31(2,3)4)29(38)26(17-23)32(5,6)7/h9-11,13-14,16-17,22,24,38H,8,12,15,18-20H2,1-7H3,(H,36,37). The molecule has 6 nitrogen and oxygen atoms in total. The summed E-state index contributed by atoms with van der Waals surface area (Å²) >= 11 is 0. The van der Waals surface area contributed by atoms with Crippen molar-refractivity contribution in [2.75, 3.05) is 19.6 Å². The number of phenols is 1. The average Bonchev–Trinajstić information content (AvgIpc) is 3.12. The van der Waals surface area contributed by atoms with E-state index in [-0.39, 0.29) is 47.3 Å². The van der Waals surface area contributed by atoms with Gasteiger partial charge in [0, 0.05) is 29.2 Å². The van der Waals surface area contributed by atoms with Crippen LogP contribution in [0.15, 0.2) is 47.5 Å². The zero-order valence-corrected chi connectivity index (χ0v) is 24.0. The molecule has 1 saturated heterocycles. The van der Waals surface area contributed by atoms with E-state index >= 15 is 0 Å². The summed E-state index contributed by atoms with van der Waals surface area (Å²) in [6.45, 7) is 14.8. The number of carboxylic acids is 1. The number of Topliss-reactive ketones (excluding diaryl/α,β-unsaturated/α-hetero) is 1. The van der Waals surface area contributed by atoms with Crippen molar-refractivity contribution in [3.8, 4) is 5.75 Å². The van der Waals surface area contributed by atoms with Gasteiger partial charge in [-0.2, -0.15) is 0 Å². The zero-order chi connectivity index (χ0) is 28.3. The van der Waals surface area contributed by atoms with Crippen LogP contribution in [0.25, 0.3) is 0 Å². The van der Waals surface area contributed by atoms with Crippen molar-refractivity contribution in [2.45, 2.75) is 78.6 Å². The van der Waals surface area contributed by atoms with E-state index in [1.54, 1.807) is 0 Å². The molecule has 2 aromatic rings. The smallest absolute Gasteiger partial charge is 0.325 e. The molecule has 38 heavy (non-hydrogen) atoms. The Labute approximate surface area is 227 Å². The van der Waals surface area contributed by atoms with Crippen LogP contribution in [-0.2, 0) is 22.0 Å². The number of hydrogen-bond donors (Lipinski definition) is 2. The SMILES string of the molecule is CCCC1CN(CC(=O)c2cc(C(C)(C)C)c(O)c(C(C)(C)C)c2)C(=NCC(=O)O)C1Cc1ccccc1. The lowest BCUT2D eigenvalue weighted by Crippen LogP contribution is -2.34. The topological polar surface area (TPSA) is 90.2 Å². The molecule has 0 aliphatic carbocycles. The Bertz CT molecular complexity index is 1140. The molecule has 1 aliphatic heterocycles. The van der Waals surface area contributed by atoms with Crippen LogP contribution in [-0.4, -0.2) is 52.3 Å². The molecule has 2 atom stereocenters. The second-order valence-corrected chi connectivity index (χ2v) is 12.6. The van der Waals surface area contributed by atoms with Crippen LogP contribution in [0.2, 0.25) is 0 Å². The average molecular weight is 521 g/mol. The highest BCUT2D eigenvalue weighted by Gasteiger charge is 2.39. The summed E-state index contributed by atoms with van der Waals surface area (Å²) in [7, 11) is 0. The number of benzene rings is 2. The predicted octanol–water partition coefficient (Wildman–Crippen LogP) is 6.24. The van der Waals surface area contributed by atoms with Crippen molar-refractivity contribution in [1.29, 1.82) is 0 Å². The van der Waals surface area contributed by atoms with Crippen LogP contribution in [0, 0.1) is 11.8 Å². The van der Waals surface area contributed by atoms with Crippen LogP contribution in [0.5, 0.6) is 5.75 Å². The summed E-state index contributed by atoms with van der Waals surface area (Å²) in [4.78, 5) is 31.8. The lowest BCUT2D eigenvalue weighted by atomic mass is 9.78. The Morgan fingerprint density at radius 1 is 1.00 bits per heavy atom. The molecule has 3 rings (SSSR count). The fraction of sp³-hybridized carbons (Fsp3) is 0.531. The third kappa shape index (κ3) is 7.03. The van der Waals surface area contributed by atoms with E-state index < -0.39 is 5.97 Å². The lowest BCUT2D eigenvalue weighted by Gasteiger charge is -2.28. The fourth-order valence-electron chi connectivity index (χ4n) is 5.45. The van der Waals surface area contributed by atoms with E-state index in [2.05, 4.69) is 24.0 Å². The largest absolute Gasteiger partial charge is 0.507 e. The number of likely N-dealkylation sites (tertiary alicyclic amines) is 1. The normalized spacial score (nSPS) is 19.2. The second kappa shape index (κ2) is 11.7. The van der Waals surface area contributed by atoms with E-state index in [1.165, 1.54) is 5.56 Å². The number of phenolic OH excluding ortho intramolecular Hbond substituents is 1. The minimum atomic E-state index is -0.982. The Balaban J connectivity index is 2.00. The first-order chi connectivity index (χ1) is 17.7. The molecule has 1 aliphatic rings. The van der Waals surface area contributed by atoms with Gasteiger partial charge in [-0.05, 0) is 47.3 Å². The summed E-state index contributed by atoms with van der Waals surface area (Å²) in [5.41, 5.74) is 2.57. The number of carbonyl (C=O) groups is 2. The van der Waals surface area contributed by atoms with Gasteiger partial charge in [-0.1, -0.05) is 85.2 Å². The van der Waals surface area contributed by atoms with Crippen LogP contribution in [0.3, 0.4) is 0 Å². The number of hydrogen-bond acceptors (Lipinski definition) is 4. The Hall–Kier alpha value is -3.15. The Morgan fingerprint density at radius 2 is 1.58 bits per heavy atom. The molecule has 0 amide bonds. The third-order valence-electron chi connectivity index (χ3n) is 7.40. The predicted molar refractivity (Wildman–Crippen MR) is 153 cm³/mol. The molecular formula is C32H44N2O4. The van der Waals surface area contributed by atoms with E-state index in [0.717, 1.165) is 30.4 Å². The molecular weight excluding hydrogens is 476 g/mol. The van der Waals surface area contributed by atoms with Gasteiger partial charge in [0.05, 0.1) is 6.54 Å². The van der Waals surface area contributed by atoms with Gasteiger partial charge in [-0.15, -0.1) is 0 Å². The first kappa shape index (κ1) is 29.4. The van der Waals surface area contributed by atoms with Gasteiger partial charge in [0.15, 0.2) is 5.78 Å². The molecule has 2 unspecified atom stereocenters. The number of carbonyl (C=O) groups excluding carboxylic acids is 1. The molecule has 1 fully saturated rings. The van der Waals surface area contributed by atoms with Crippen molar-refractivity contribution >= 4 is 17.6 Å². The molecule has 0 aromatic heterocycles. The first-order valence-electron chi connectivity index (χ1n) is 13.7. The molecule has 206 valence electrons. The molecule has 6 heteroatoms. The summed E-state index contributed by atoms with van der Waals surface area (Å²) in [5, 5.41) is 20.5. The van der Waals surface area contributed by atoms with Crippen LogP contribution in [0.4, 0.5) is 0 Å². The van der Waals surface area contributed by atoms with Crippen LogP contribution < -0.4 is 0 Å². The zero-order valence-electron chi connectivity index (χ0n) is 24.0.